The number of rotatable bonds is 3. The number of ether oxygens (including phenoxy) is 1. The summed E-state index contributed by atoms with van der Waals surface area (Å²) in [4.78, 5) is 12.3. The van der Waals surface area contributed by atoms with Crippen molar-refractivity contribution in [3.8, 4) is 0 Å². The van der Waals surface area contributed by atoms with Gasteiger partial charge in [0.05, 0.1) is 11.6 Å². The third kappa shape index (κ3) is 3.47. The summed E-state index contributed by atoms with van der Waals surface area (Å²) in [5, 5.41) is 3.65. The van der Waals surface area contributed by atoms with Gasteiger partial charge in [-0.05, 0) is 37.5 Å². The zero-order valence-electron chi connectivity index (χ0n) is 11.0. The second kappa shape index (κ2) is 5.90. The van der Waals surface area contributed by atoms with Crippen LogP contribution in [0.3, 0.4) is 0 Å². The lowest BCUT2D eigenvalue weighted by Gasteiger charge is -2.33. The fourth-order valence-electron chi connectivity index (χ4n) is 2.14. The van der Waals surface area contributed by atoms with Gasteiger partial charge in [0.15, 0.2) is 0 Å². The highest BCUT2D eigenvalue weighted by atomic mass is 35.5. The van der Waals surface area contributed by atoms with E-state index in [1.165, 1.54) is 0 Å². The first kappa shape index (κ1) is 14.3. The van der Waals surface area contributed by atoms with Crippen LogP contribution in [0, 0.1) is 0 Å². The first-order valence-corrected chi connectivity index (χ1v) is 6.82. The molecule has 0 saturated carbocycles. The second-order valence-corrected chi connectivity index (χ2v) is 5.45. The van der Waals surface area contributed by atoms with Gasteiger partial charge in [0, 0.05) is 18.2 Å². The normalized spacial score (nSPS) is 19.7. The molecular weight excluding hydrogens is 264 g/mol. The van der Waals surface area contributed by atoms with Crippen molar-refractivity contribution in [2.24, 2.45) is 5.73 Å². The van der Waals surface area contributed by atoms with E-state index in [-0.39, 0.29) is 11.9 Å². The number of hydrogen-bond donors (Lipinski definition) is 2. The number of hydrogen-bond acceptors (Lipinski definition) is 3. The van der Waals surface area contributed by atoms with Crippen molar-refractivity contribution in [1.29, 1.82) is 0 Å². The molecule has 0 radical (unpaired) electrons. The molecule has 1 aliphatic heterocycles. The van der Waals surface area contributed by atoms with E-state index < -0.39 is 5.54 Å². The average molecular weight is 283 g/mol. The van der Waals surface area contributed by atoms with E-state index in [0.717, 1.165) is 5.56 Å². The van der Waals surface area contributed by atoms with Crippen molar-refractivity contribution in [2.45, 2.75) is 31.3 Å². The van der Waals surface area contributed by atoms with Crippen molar-refractivity contribution in [2.75, 3.05) is 13.2 Å². The summed E-state index contributed by atoms with van der Waals surface area (Å²) in [7, 11) is 0. The molecule has 2 rings (SSSR count). The lowest BCUT2D eigenvalue weighted by molar-refractivity contribution is -0.130. The largest absolute Gasteiger partial charge is 0.381 e. The number of nitrogens with one attached hydrogen (secondary N) is 1. The Morgan fingerprint density at radius 3 is 2.53 bits per heavy atom. The summed E-state index contributed by atoms with van der Waals surface area (Å²) in [5.41, 5.74) is 6.34. The molecule has 0 aromatic heterocycles. The lowest BCUT2D eigenvalue weighted by atomic mass is 9.90. The molecule has 0 unspecified atom stereocenters. The molecule has 19 heavy (non-hydrogen) atoms. The van der Waals surface area contributed by atoms with Gasteiger partial charge in [0.25, 0.3) is 0 Å². The Bertz CT molecular complexity index is 441. The second-order valence-electron chi connectivity index (χ2n) is 5.02. The van der Waals surface area contributed by atoms with Crippen LogP contribution in [0.2, 0.25) is 5.02 Å². The Labute approximate surface area is 118 Å². The number of nitrogens with two attached hydrogens (primary N) is 1. The molecule has 3 N–H and O–H groups in total. The fraction of sp³-hybridized carbons (Fsp3) is 0.500. The molecular formula is C14H19ClN2O2. The SMILES string of the molecule is C[C@H](NC(=O)C1(N)CCOCC1)c1ccc(Cl)cc1. The zero-order valence-corrected chi connectivity index (χ0v) is 11.7. The highest BCUT2D eigenvalue weighted by molar-refractivity contribution is 6.30. The fourth-order valence-corrected chi connectivity index (χ4v) is 2.26. The number of benzene rings is 1. The molecule has 0 aliphatic carbocycles. The summed E-state index contributed by atoms with van der Waals surface area (Å²) in [5.74, 6) is -0.113. The molecule has 1 saturated heterocycles. The van der Waals surface area contributed by atoms with Crippen LogP contribution < -0.4 is 11.1 Å². The van der Waals surface area contributed by atoms with Gasteiger partial charge in [-0.1, -0.05) is 23.7 Å². The van der Waals surface area contributed by atoms with Crippen molar-refractivity contribution in [3.05, 3.63) is 34.9 Å². The monoisotopic (exact) mass is 282 g/mol. The lowest BCUT2D eigenvalue weighted by Crippen LogP contribution is -2.57. The van der Waals surface area contributed by atoms with E-state index in [1.54, 1.807) is 0 Å². The molecule has 0 bridgehead atoms. The number of carbonyl (C=O) groups is 1. The van der Waals surface area contributed by atoms with Crippen LogP contribution in [0.5, 0.6) is 0 Å². The highest BCUT2D eigenvalue weighted by Crippen LogP contribution is 2.21. The van der Waals surface area contributed by atoms with Crippen LogP contribution in [0.4, 0.5) is 0 Å². The molecule has 4 nitrogen and oxygen atoms in total. The van der Waals surface area contributed by atoms with Gasteiger partial charge in [0.1, 0.15) is 0 Å². The van der Waals surface area contributed by atoms with Gasteiger partial charge in [0.2, 0.25) is 5.91 Å². The molecule has 1 amide bonds. The third-order valence-corrected chi connectivity index (χ3v) is 3.81. The smallest absolute Gasteiger partial charge is 0.240 e. The molecule has 0 spiro atoms. The summed E-state index contributed by atoms with van der Waals surface area (Å²) in [6.07, 6.45) is 1.12. The minimum Gasteiger partial charge on any atom is -0.381 e. The van der Waals surface area contributed by atoms with Crippen molar-refractivity contribution in [1.82, 2.24) is 5.32 Å². The third-order valence-electron chi connectivity index (χ3n) is 3.55. The maximum Gasteiger partial charge on any atom is 0.240 e. The van der Waals surface area contributed by atoms with E-state index in [2.05, 4.69) is 5.32 Å². The Morgan fingerprint density at radius 2 is 1.95 bits per heavy atom. The first-order valence-electron chi connectivity index (χ1n) is 6.44. The minimum atomic E-state index is -0.807. The molecule has 1 heterocycles. The average Bonchev–Trinajstić information content (AvgIpc) is 2.40. The maximum absolute atomic E-state index is 12.3. The van der Waals surface area contributed by atoms with Crippen LogP contribution in [-0.4, -0.2) is 24.7 Å². The van der Waals surface area contributed by atoms with Crippen LogP contribution in [0.25, 0.3) is 0 Å². The Morgan fingerprint density at radius 1 is 1.37 bits per heavy atom. The van der Waals surface area contributed by atoms with E-state index in [4.69, 9.17) is 22.1 Å². The van der Waals surface area contributed by atoms with E-state index in [9.17, 15) is 4.79 Å². The van der Waals surface area contributed by atoms with Gasteiger partial charge in [-0.25, -0.2) is 0 Å². The molecule has 104 valence electrons. The Balaban J connectivity index is 2.00. The van der Waals surface area contributed by atoms with Crippen molar-refractivity contribution in [3.63, 3.8) is 0 Å². The van der Waals surface area contributed by atoms with Gasteiger partial charge >= 0.3 is 0 Å². The van der Waals surface area contributed by atoms with Gasteiger partial charge in [-0.3, -0.25) is 4.79 Å². The van der Waals surface area contributed by atoms with E-state index in [1.807, 2.05) is 31.2 Å². The van der Waals surface area contributed by atoms with Crippen molar-refractivity contribution >= 4 is 17.5 Å². The summed E-state index contributed by atoms with van der Waals surface area (Å²) in [6.45, 7) is 3.02. The number of halogens is 1. The summed E-state index contributed by atoms with van der Waals surface area (Å²) < 4.78 is 5.24. The standard InChI is InChI=1S/C14H19ClN2O2/c1-10(11-2-4-12(15)5-3-11)17-13(18)14(16)6-8-19-9-7-14/h2-5,10H,6-9,16H2,1H3,(H,17,18)/t10-/m0/s1. The van der Waals surface area contributed by atoms with Gasteiger partial charge in [-0.15, -0.1) is 0 Å². The number of amides is 1. The van der Waals surface area contributed by atoms with Crippen LogP contribution in [-0.2, 0) is 9.53 Å². The topological polar surface area (TPSA) is 64.4 Å². The summed E-state index contributed by atoms with van der Waals surface area (Å²) in [6, 6.07) is 7.34. The molecule has 1 aromatic rings. The Kier molecular flexibility index (Phi) is 4.45. The predicted octanol–water partition coefficient (Wildman–Crippen LogP) is 2.03. The van der Waals surface area contributed by atoms with Crippen LogP contribution in [0.15, 0.2) is 24.3 Å². The maximum atomic E-state index is 12.3. The summed E-state index contributed by atoms with van der Waals surface area (Å²) >= 11 is 5.84. The van der Waals surface area contributed by atoms with Crippen LogP contribution >= 0.6 is 11.6 Å². The van der Waals surface area contributed by atoms with Gasteiger partial charge in [-0.2, -0.15) is 0 Å². The highest BCUT2D eigenvalue weighted by Gasteiger charge is 2.36. The molecule has 1 atom stereocenters. The molecule has 1 fully saturated rings. The molecule has 5 heteroatoms. The van der Waals surface area contributed by atoms with Crippen LogP contribution in [0.1, 0.15) is 31.4 Å². The molecule has 1 aromatic carbocycles. The zero-order chi connectivity index (χ0) is 13.9. The van der Waals surface area contributed by atoms with Gasteiger partial charge < -0.3 is 15.8 Å². The van der Waals surface area contributed by atoms with E-state index >= 15 is 0 Å². The van der Waals surface area contributed by atoms with E-state index in [0.29, 0.717) is 31.1 Å². The van der Waals surface area contributed by atoms with Crippen molar-refractivity contribution < 1.29 is 9.53 Å². The minimum absolute atomic E-state index is 0.0898. The quantitative estimate of drug-likeness (QED) is 0.891. The first-order chi connectivity index (χ1) is 9.01. The predicted molar refractivity (Wildman–Crippen MR) is 75.0 cm³/mol. The number of carbonyl (C=O) groups excluding carboxylic acids is 1. The Hall–Kier alpha value is -1.10. The molecule has 1 aliphatic rings.